The van der Waals surface area contributed by atoms with Crippen molar-refractivity contribution in [1.82, 2.24) is 0 Å². The van der Waals surface area contributed by atoms with Crippen LogP contribution in [0.15, 0.2) is 0 Å². The third-order valence-corrected chi connectivity index (χ3v) is 1.04. The van der Waals surface area contributed by atoms with Gasteiger partial charge in [-0.15, -0.1) is 0 Å². The predicted molar refractivity (Wildman–Crippen MR) is 58.3 cm³/mol. The van der Waals surface area contributed by atoms with Gasteiger partial charge in [0.2, 0.25) is 0 Å². The zero-order valence-electron chi connectivity index (χ0n) is 9.89. The second kappa shape index (κ2) is 15.2. The molecule has 17 heavy (non-hydrogen) atoms. The molecule has 0 heterocycles. The van der Waals surface area contributed by atoms with Crippen molar-refractivity contribution >= 4 is 5.97 Å². The molecule has 0 radical (unpaired) electrons. The van der Waals surface area contributed by atoms with E-state index < -0.39 is 24.3 Å². The number of aliphatic hydroxyl groups is 6. The van der Waals surface area contributed by atoms with Crippen LogP contribution in [-0.4, -0.2) is 79.8 Å². The molecule has 8 heteroatoms. The first-order chi connectivity index (χ1) is 7.72. The Morgan fingerprint density at radius 2 is 1.18 bits per heavy atom. The molecule has 0 bridgehead atoms. The van der Waals surface area contributed by atoms with Crippen LogP contribution in [0.5, 0.6) is 0 Å². The number of rotatable bonds is 4. The normalized spacial score (nSPS) is 12.8. The molecule has 0 rings (SSSR count). The van der Waals surface area contributed by atoms with Crippen LogP contribution in [0.4, 0.5) is 0 Å². The van der Waals surface area contributed by atoms with Crippen molar-refractivity contribution in [3.05, 3.63) is 0 Å². The molecule has 0 aliphatic rings. The van der Waals surface area contributed by atoms with Crippen molar-refractivity contribution in [3.63, 3.8) is 0 Å². The van der Waals surface area contributed by atoms with E-state index in [1.54, 1.807) is 0 Å². The van der Waals surface area contributed by atoms with Crippen molar-refractivity contribution in [2.24, 2.45) is 0 Å². The van der Waals surface area contributed by atoms with E-state index in [0.29, 0.717) is 0 Å². The van der Waals surface area contributed by atoms with Gasteiger partial charge in [-0.05, 0) is 13.8 Å². The van der Waals surface area contributed by atoms with Crippen LogP contribution in [0, 0.1) is 0 Å². The Kier molecular flexibility index (Phi) is 19.3. The maximum absolute atomic E-state index is 9.45. The highest BCUT2D eigenvalue weighted by molar-refractivity contribution is 5.71. The minimum Gasteiger partial charge on any atom is -0.479 e. The smallest absolute Gasteiger partial charge is 0.332 e. The Labute approximate surface area is 99.4 Å². The lowest BCUT2D eigenvalue weighted by Gasteiger charge is -1.96. The van der Waals surface area contributed by atoms with Crippen molar-refractivity contribution < 1.29 is 40.5 Å². The average Bonchev–Trinajstić information content (AvgIpc) is 2.29. The zero-order valence-corrected chi connectivity index (χ0v) is 9.89. The second-order valence-corrected chi connectivity index (χ2v) is 3.06. The molecule has 0 aliphatic heterocycles. The lowest BCUT2D eigenvalue weighted by molar-refractivity contribution is -0.145. The van der Waals surface area contributed by atoms with E-state index >= 15 is 0 Å². The SMILES string of the molecule is CC(O)C(=O)O.CC(O)CO.OCC(O)CO. The van der Waals surface area contributed by atoms with Gasteiger partial charge in [-0.3, -0.25) is 0 Å². The third kappa shape index (κ3) is 31.3. The number of carboxylic acids is 1. The fourth-order valence-corrected chi connectivity index (χ4v) is 0.0577. The summed E-state index contributed by atoms with van der Waals surface area (Å²) in [7, 11) is 0. The van der Waals surface area contributed by atoms with Crippen LogP contribution >= 0.6 is 0 Å². The molecule has 0 saturated heterocycles. The largest absolute Gasteiger partial charge is 0.479 e. The molecule has 0 amide bonds. The molecule has 7 N–H and O–H groups in total. The highest BCUT2D eigenvalue weighted by Gasteiger charge is 2.01. The Bertz CT molecular complexity index is 155. The van der Waals surface area contributed by atoms with Crippen LogP contribution in [-0.2, 0) is 4.79 Å². The fraction of sp³-hybridized carbons (Fsp3) is 0.889. The quantitative estimate of drug-likeness (QED) is 0.283. The summed E-state index contributed by atoms with van der Waals surface area (Å²) >= 11 is 0. The molecule has 2 unspecified atom stereocenters. The summed E-state index contributed by atoms with van der Waals surface area (Å²) in [6.45, 7) is 1.86. The number of aliphatic hydroxyl groups excluding tert-OH is 6. The van der Waals surface area contributed by atoms with Gasteiger partial charge < -0.3 is 35.7 Å². The maximum Gasteiger partial charge on any atom is 0.332 e. The summed E-state index contributed by atoms with van der Waals surface area (Å²) in [6.07, 6.45) is -2.75. The highest BCUT2D eigenvalue weighted by atomic mass is 16.4. The summed E-state index contributed by atoms with van der Waals surface area (Å²) in [4.78, 5) is 9.45. The van der Waals surface area contributed by atoms with Crippen molar-refractivity contribution in [2.75, 3.05) is 19.8 Å². The second-order valence-electron chi connectivity index (χ2n) is 3.06. The van der Waals surface area contributed by atoms with Gasteiger partial charge in [0.25, 0.3) is 0 Å². The molecular formula is C9H22O8. The van der Waals surface area contributed by atoms with Gasteiger partial charge in [0, 0.05) is 0 Å². The number of hydrogen-bond donors (Lipinski definition) is 7. The molecule has 2 atom stereocenters. The van der Waals surface area contributed by atoms with E-state index in [1.165, 1.54) is 13.8 Å². The van der Waals surface area contributed by atoms with Gasteiger partial charge in [-0.1, -0.05) is 0 Å². The van der Waals surface area contributed by atoms with Crippen LogP contribution in [0.2, 0.25) is 0 Å². The first kappa shape index (κ1) is 21.5. The summed E-state index contributed by atoms with van der Waals surface area (Å²) < 4.78 is 0. The fourth-order valence-electron chi connectivity index (χ4n) is 0.0577. The summed E-state index contributed by atoms with van der Waals surface area (Å²) in [5.41, 5.74) is 0. The maximum atomic E-state index is 9.45. The Morgan fingerprint density at radius 3 is 1.18 bits per heavy atom. The number of carbonyl (C=O) groups is 1. The molecular weight excluding hydrogens is 236 g/mol. The van der Waals surface area contributed by atoms with Gasteiger partial charge in [0.15, 0.2) is 0 Å². The molecule has 0 fully saturated rings. The van der Waals surface area contributed by atoms with Gasteiger partial charge in [0.05, 0.1) is 25.9 Å². The molecule has 0 aliphatic carbocycles. The third-order valence-electron chi connectivity index (χ3n) is 1.04. The number of hydrogen-bond acceptors (Lipinski definition) is 7. The number of aliphatic carboxylic acids is 1. The minimum absolute atomic E-state index is 0.139. The van der Waals surface area contributed by atoms with Gasteiger partial charge >= 0.3 is 5.97 Å². The van der Waals surface area contributed by atoms with Gasteiger partial charge in [-0.25, -0.2) is 4.79 Å². The van der Waals surface area contributed by atoms with Crippen LogP contribution in [0.25, 0.3) is 0 Å². The van der Waals surface area contributed by atoms with E-state index in [2.05, 4.69) is 0 Å². The molecule has 106 valence electrons. The van der Waals surface area contributed by atoms with Crippen LogP contribution in [0.3, 0.4) is 0 Å². The van der Waals surface area contributed by atoms with E-state index in [1.807, 2.05) is 0 Å². The first-order valence-electron chi connectivity index (χ1n) is 4.82. The standard InChI is InChI=1S/C3H8O3.C3H6O3.C3H8O2/c4-1-3(6)2-5;1-2(4)3(5)6;1-3(5)2-4/h3-6H,1-2H2;2,4H,1H3,(H,5,6);3-5H,2H2,1H3. The van der Waals surface area contributed by atoms with Crippen LogP contribution < -0.4 is 0 Å². The number of carboxylic acid groups (broad SMARTS) is 1. The average molecular weight is 258 g/mol. The van der Waals surface area contributed by atoms with Gasteiger partial charge in [-0.2, -0.15) is 0 Å². The topological polar surface area (TPSA) is 159 Å². The van der Waals surface area contributed by atoms with E-state index in [-0.39, 0.29) is 19.8 Å². The predicted octanol–water partition coefficient (Wildman–Crippen LogP) is -2.86. The Balaban J connectivity index is -0.000000174. The van der Waals surface area contributed by atoms with Crippen LogP contribution in [0.1, 0.15) is 13.8 Å². The highest BCUT2D eigenvalue weighted by Crippen LogP contribution is 1.73. The Morgan fingerprint density at radius 1 is 0.941 bits per heavy atom. The molecule has 0 spiro atoms. The molecule has 0 saturated carbocycles. The zero-order chi connectivity index (χ0) is 14.4. The van der Waals surface area contributed by atoms with Crippen molar-refractivity contribution in [3.8, 4) is 0 Å². The van der Waals surface area contributed by atoms with Crippen molar-refractivity contribution in [2.45, 2.75) is 32.2 Å². The molecule has 8 nitrogen and oxygen atoms in total. The Hall–Kier alpha value is -0.770. The van der Waals surface area contributed by atoms with E-state index in [0.717, 1.165) is 0 Å². The molecule has 0 aromatic rings. The van der Waals surface area contributed by atoms with E-state index in [9.17, 15) is 4.79 Å². The summed E-state index contributed by atoms with van der Waals surface area (Å²) in [5.74, 6) is -1.19. The van der Waals surface area contributed by atoms with Crippen molar-refractivity contribution in [1.29, 1.82) is 0 Å². The van der Waals surface area contributed by atoms with E-state index in [4.69, 9.17) is 35.7 Å². The minimum atomic E-state index is -1.23. The lowest BCUT2D eigenvalue weighted by Crippen LogP contribution is -2.15. The van der Waals surface area contributed by atoms with Gasteiger partial charge in [0.1, 0.15) is 12.2 Å². The summed E-state index contributed by atoms with van der Waals surface area (Å²) in [6, 6.07) is 0. The molecule has 0 aromatic carbocycles. The molecule has 0 aromatic heterocycles. The lowest BCUT2D eigenvalue weighted by atomic mass is 10.4. The monoisotopic (exact) mass is 258 g/mol. The summed E-state index contributed by atoms with van der Waals surface area (Å²) in [5, 5.41) is 55.8. The first-order valence-corrected chi connectivity index (χ1v) is 4.82.